The molecule has 0 saturated carbocycles. The van der Waals surface area contributed by atoms with Crippen molar-refractivity contribution in [3.05, 3.63) is 95.1 Å². The molecule has 10 heteroatoms. The van der Waals surface area contributed by atoms with E-state index in [0.29, 0.717) is 5.56 Å². The standard InChI is InChI=1S/C23H18F2N2O5S/c1-27(33(30,31)21-8-4-18(24)5-9-21)14-15-2-6-20(7-3-15)32-22(23(28)29)17-10-16(13-26)11-19(25)12-17/h2-12,22H,14H2,1H3,(H,28,29). The highest BCUT2D eigenvalue weighted by molar-refractivity contribution is 7.89. The molecule has 0 heterocycles. The van der Waals surface area contributed by atoms with E-state index in [1.165, 1.54) is 37.4 Å². The highest BCUT2D eigenvalue weighted by Gasteiger charge is 2.24. The van der Waals surface area contributed by atoms with Crippen LogP contribution in [0.1, 0.15) is 22.8 Å². The fraction of sp³-hybridized carbons (Fsp3) is 0.130. The second-order valence-electron chi connectivity index (χ2n) is 7.08. The number of ether oxygens (including phenoxy) is 1. The molecule has 3 aromatic rings. The van der Waals surface area contributed by atoms with E-state index in [4.69, 9.17) is 10.00 Å². The molecule has 0 radical (unpaired) electrons. The highest BCUT2D eigenvalue weighted by Crippen LogP contribution is 2.25. The molecular formula is C23H18F2N2O5S. The van der Waals surface area contributed by atoms with Crippen molar-refractivity contribution in [2.45, 2.75) is 17.5 Å². The van der Waals surface area contributed by atoms with Gasteiger partial charge in [0.1, 0.15) is 17.4 Å². The molecule has 3 rings (SSSR count). The van der Waals surface area contributed by atoms with Crippen LogP contribution in [0.4, 0.5) is 8.78 Å². The fourth-order valence-corrected chi connectivity index (χ4v) is 4.19. The van der Waals surface area contributed by atoms with E-state index in [1.807, 2.05) is 0 Å². The summed E-state index contributed by atoms with van der Waals surface area (Å²) >= 11 is 0. The first-order chi connectivity index (χ1) is 15.6. The Morgan fingerprint density at radius 3 is 2.27 bits per heavy atom. The molecule has 0 saturated heterocycles. The largest absolute Gasteiger partial charge is 0.478 e. The lowest BCUT2D eigenvalue weighted by atomic mass is 10.1. The quantitative estimate of drug-likeness (QED) is 0.533. The molecule has 33 heavy (non-hydrogen) atoms. The van der Waals surface area contributed by atoms with Gasteiger partial charge in [-0.25, -0.2) is 22.0 Å². The van der Waals surface area contributed by atoms with Gasteiger partial charge >= 0.3 is 5.97 Å². The van der Waals surface area contributed by atoms with Crippen LogP contribution in [-0.2, 0) is 21.4 Å². The number of aliphatic carboxylic acids is 1. The van der Waals surface area contributed by atoms with Crippen LogP contribution in [0.3, 0.4) is 0 Å². The van der Waals surface area contributed by atoms with Crippen LogP contribution in [0, 0.1) is 23.0 Å². The molecule has 170 valence electrons. The number of nitriles is 1. The molecule has 0 aliphatic rings. The molecular weight excluding hydrogens is 454 g/mol. The Morgan fingerprint density at radius 1 is 1.06 bits per heavy atom. The summed E-state index contributed by atoms with van der Waals surface area (Å²) in [5.41, 5.74) is 0.508. The molecule has 1 atom stereocenters. The lowest BCUT2D eigenvalue weighted by molar-refractivity contribution is -0.145. The van der Waals surface area contributed by atoms with Crippen molar-refractivity contribution in [1.82, 2.24) is 4.31 Å². The second kappa shape index (κ2) is 9.77. The van der Waals surface area contributed by atoms with Crippen molar-refractivity contribution < 1.29 is 31.8 Å². The van der Waals surface area contributed by atoms with Crippen molar-refractivity contribution >= 4 is 16.0 Å². The zero-order chi connectivity index (χ0) is 24.2. The summed E-state index contributed by atoms with van der Waals surface area (Å²) in [5.74, 6) is -2.54. The van der Waals surface area contributed by atoms with E-state index in [0.717, 1.165) is 28.6 Å². The van der Waals surface area contributed by atoms with E-state index in [1.54, 1.807) is 18.2 Å². The Hall–Kier alpha value is -3.81. The number of hydrogen-bond donors (Lipinski definition) is 1. The highest BCUT2D eigenvalue weighted by atomic mass is 32.2. The Morgan fingerprint density at radius 2 is 1.70 bits per heavy atom. The van der Waals surface area contributed by atoms with Gasteiger partial charge in [0.05, 0.1) is 16.5 Å². The first-order valence-corrected chi connectivity index (χ1v) is 10.9. The van der Waals surface area contributed by atoms with Crippen molar-refractivity contribution in [2.75, 3.05) is 7.05 Å². The van der Waals surface area contributed by atoms with Gasteiger partial charge in [-0.3, -0.25) is 0 Å². The molecule has 0 fully saturated rings. The Labute approximate surface area is 189 Å². The third kappa shape index (κ3) is 5.71. The minimum Gasteiger partial charge on any atom is -0.478 e. The third-order valence-corrected chi connectivity index (χ3v) is 6.50. The minimum atomic E-state index is -3.85. The fourth-order valence-electron chi connectivity index (χ4n) is 3.03. The van der Waals surface area contributed by atoms with E-state index in [-0.39, 0.29) is 28.3 Å². The SMILES string of the molecule is CN(Cc1ccc(OC(C(=O)O)c2cc(F)cc(C#N)c2)cc1)S(=O)(=O)c1ccc(F)cc1. The Kier molecular flexibility index (Phi) is 7.06. The van der Waals surface area contributed by atoms with Crippen LogP contribution in [0.25, 0.3) is 0 Å². The molecule has 0 aliphatic carbocycles. The molecule has 0 amide bonds. The van der Waals surface area contributed by atoms with Crippen LogP contribution in [0.2, 0.25) is 0 Å². The maximum Gasteiger partial charge on any atom is 0.349 e. The van der Waals surface area contributed by atoms with Gasteiger partial charge in [0.2, 0.25) is 16.1 Å². The summed E-state index contributed by atoms with van der Waals surface area (Å²) in [5, 5.41) is 18.5. The summed E-state index contributed by atoms with van der Waals surface area (Å²) in [6.07, 6.45) is -1.56. The number of sulfonamides is 1. The summed E-state index contributed by atoms with van der Waals surface area (Å²) < 4.78 is 58.6. The van der Waals surface area contributed by atoms with Gasteiger partial charge < -0.3 is 9.84 Å². The lowest BCUT2D eigenvalue weighted by Crippen LogP contribution is -2.26. The van der Waals surface area contributed by atoms with Gasteiger partial charge in [0.15, 0.2) is 0 Å². The average molecular weight is 472 g/mol. The van der Waals surface area contributed by atoms with Crippen LogP contribution in [0.5, 0.6) is 5.75 Å². The summed E-state index contributed by atoms with van der Waals surface area (Å²) in [6, 6.07) is 15.4. The zero-order valence-electron chi connectivity index (χ0n) is 17.3. The van der Waals surface area contributed by atoms with E-state index in [2.05, 4.69) is 0 Å². The maximum absolute atomic E-state index is 13.7. The monoisotopic (exact) mass is 472 g/mol. The average Bonchev–Trinajstić information content (AvgIpc) is 2.78. The van der Waals surface area contributed by atoms with E-state index in [9.17, 15) is 27.1 Å². The molecule has 0 aromatic heterocycles. The number of carboxylic acids is 1. The number of hydrogen-bond acceptors (Lipinski definition) is 5. The lowest BCUT2D eigenvalue weighted by Gasteiger charge is -2.18. The van der Waals surface area contributed by atoms with Crippen LogP contribution >= 0.6 is 0 Å². The normalized spacial score (nSPS) is 12.2. The number of carbonyl (C=O) groups is 1. The van der Waals surface area contributed by atoms with Gasteiger partial charge in [-0.15, -0.1) is 0 Å². The van der Waals surface area contributed by atoms with Crippen molar-refractivity contribution in [3.63, 3.8) is 0 Å². The van der Waals surface area contributed by atoms with Crippen LogP contribution < -0.4 is 4.74 Å². The summed E-state index contributed by atoms with van der Waals surface area (Å²) in [7, 11) is -2.47. The van der Waals surface area contributed by atoms with Gasteiger partial charge in [-0.1, -0.05) is 12.1 Å². The molecule has 7 nitrogen and oxygen atoms in total. The van der Waals surface area contributed by atoms with E-state index >= 15 is 0 Å². The van der Waals surface area contributed by atoms with Gasteiger partial charge in [-0.05, 0) is 60.2 Å². The first kappa shape index (κ1) is 23.8. The first-order valence-electron chi connectivity index (χ1n) is 9.51. The van der Waals surface area contributed by atoms with Gasteiger partial charge in [0, 0.05) is 19.2 Å². The third-order valence-electron chi connectivity index (χ3n) is 4.68. The summed E-state index contributed by atoms with van der Waals surface area (Å²) in [6.45, 7) is -0.00221. The topological polar surface area (TPSA) is 108 Å². The minimum absolute atomic E-state index is 0.00221. The van der Waals surface area contributed by atoms with Crippen molar-refractivity contribution in [3.8, 4) is 11.8 Å². The van der Waals surface area contributed by atoms with Crippen LogP contribution in [0.15, 0.2) is 71.6 Å². The maximum atomic E-state index is 13.7. The molecule has 0 bridgehead atoms. The predicted molar refractivity (Wildman–Crippen MR) is 114 cm³/mol. The van der Waals surface area contributed by atoms with Gasteiger partial charge in [-0.2, -0.15) is 9.57 Å². The van der Waals surface area contributed by atoms with Crippen molar-refractivity contribution in [2.24, 2.45) is 0 Å². The molecule has 3 aromatic carbocycles. The number of halogens is 2. The summed E-state index contributed by atoms with van der Waals surface area (Å²) in [4.78, 5) is 11.6. The van der Waals surface area contributed by atoms with Gasteiger partial charge in [0.25, 0.3) is 0 Å². The van der Waals surface area contributed by atoms with E-state index < -0.39 is 33.7 Å². The number of nitrogens with zero attached hydrogens (tertiary/aromatic N) is 2. The number of carboxylic acid groups (broad SMARTS) is 1. The molecule has 1 unspecified atom stereocenters. The molecule has 1 N–H and O–H groups in total. The van der Waals surface area contributed by atoms with Crippen molar-refractivity contribution in [1.29, 1.82) is 5.26 Å². The Bertz CT molecular complexity index is 1300. The number of benzene rings is 3. The number of rotatable bonds is 8. The smallest absolute Gasteiger partial charge is 0.349 e. The predicted octanol–water partition coefficient (Wildman–Crippen LogP) is 3.86. The molecule has 0 spiro atoms. The zero-order valence-corrected chi connectivity index (χ0v) is 18.1. The molecule has 0 aliphatic heterocycles. The van der Waals surface area contributed by atoms with Crippen LogP contribution in [-0.4, -0.2) is 30.8 Å². The second-order valence-corrected chi connectivity index (χ2v) is 9.13. The Balaban J connectivity index is 1.75.